The highest BCUT2D eigenvalue weighted by Gasteiger charge is 2.15. The highest BCUT2D eigenvalue weighted by atomic mass is 127. The molecule has 6 heteroatoms. The predicted molar refractivity (Wildman–Crippen MR) is 116 cm³/mol. The van der Waals surface area contributed by atoms with Crippen molar-refractivity contribution >= 4 is 29.9 Å². The zero-order valence-corrected chi connectivity index (χ0v) is 18.1. The van der Waals surface area contributed by atoms with Crippen molar-refractivity contribution in [1.29, 1.82) is 0 Å². The minimum atomic E-state index is 0. The summed E-state index contributed by atoms with van der Waals surface area (Å²) in [6.07, 6.45) is 2.69. The standard InChI is InChI=1S/C19H32N4O.HI/c1-4-24-18-10-6-5-9-17(18)14-22-19(20-3)21-11-13-23-12-7-8-16(2)15-23;/h5-6,9-10,16H,4,7-8,11-15H2,1-3H3,(H2,20,21,22);1H. The summed E-state index contributed by atoms with van der Waals surface area (Å²) in [5.41, 5.74) is 1.15. The third-order valence-corrected chi connectivity index (χ3v) is 4.40. The number of para-hydroxylation sites is 1. The van der Waals surface area contributed by atoms with Gasteiger partial charge in [0.25, 0.3) is 0 Å². The lowest BCUT2D eigenvalue weighted by atomic mass is 10.0. The van der Waals surface area contributed by atoms with Crippen molar-refractivity contribution in [3.05, 3.63) is 29.8 Å². The zero-order valence-electron chi connectivity index (χ0n) is 15.8. The second kappa shape index (κ2) is 12.4. The fourth-order valence-corrected chi connectivity index (χ4v) is 3.17. The van der Waals surface area contributed by atoms with Crippen molar-refractivity contribution in [3.63, 3.8) is 0 Å². The van der Waals surface area contributed by atoms with Gasteiger partial charge in [-0.05, 0) is 38.3 Å². The summed E-state index contributed by atoms with van der Waals surface area (Å²) >= 11 is 0. The second-order valence-electron chi connectivity index (χ2n) is 6.44. The second-order valence-corrected chi connectivity index (χ2v) is 6.44. The number of guanidine groups is 1. The van der Waals surface area contributed by atoms with Gasteiger partial charge in [-0.1, -0.05) is 25.1 Å². The summed E-state index contributed by atoms with van der Waals surface area (Å²) in [5, 5.41) is 6.78. The van der Waals surface area contributed by atoms with Crippen LogP contribution in [0.4, 0.5) is 0 Å². The smallest absolute Gasteiger partial charge is 0.191 e. The van der Waals surface area contributed by atoms with Gasteiger partial charge in [0.05, 0.1) is 6.61 Å². The number of halogens is 1. The molecular weight excluding hydrogens is 427 g/mol. The summed E-state index contributed by atoms with van der Waals surface area (Å²) in [7, 11) is 1.81. The number of hydrogen-bond donors (Lipinski definition) is 2. The van der Waals surface area contributed by atoms with Crippen LogP contribution < -0.4 is 15.4 Å². The molecule has 0 aliphatic carbocycles. The Morgan fingerprint density at radius 3 is 2.84 bits per heavy atom. The SMILES string of the molecule is CCOc1ccccc1CNC(=NC)NCCN1CCCC(C)C1.I. The van der Waals surface area contributed by atoms with Gasteiger partial charge in [-0.3, -0.25) is 4.99 Å². The fraction of sp³-hybridized carbons (Fsp3) is 0.632. The number of nitrogens with one attached hydrogen (secondary N) is 2. The fourth-order valence-electron chi connectivity index (χ4n) is 3.17. The maximum absolute atomic E-state index is 5.67. The molecule has 0 bridgehead atoms. The van der Waals surface area contributed by atoms with E-state index in [0.29, 0.717) is 13.2 Å². The molecule has 1 atom stereocenters. The summed E-state index contributed by atoms with van der Waals surface area (Å²) < 4.78 is 5.67. The molecule has 0 amide bonds. The van der Waals surface area contributed by atoms with Gasteiger partial charge in [0.1, 0.15) is 5.75 Å². The van der Waals surface area contributed by atoms with E-state index in [4.69, 9.17) is 4.74 Å². The van der Waals surface area contributed by atoms with Crippen molar-refractivity contribution in [3.8, 4) is 5.75 Å². The lowest BCUT2D eigenvalue weighted by molar-refractivity contribution is 0.187. The third kappa shape index (κ3) is 7.81. The summed E-state index contributed by atoms with van der Waals surface area (Å²) in [5.74, 6) is 2.60. The number of aliphatic imine (C=N–C) groups is 1. The molecule has 1 aromatic carbocycles. The van der Waals surface area contributed by atoms with Crippen LogP contribution in [0.3, 0.4) is 0 Å². The topological polar surface area (TPSA) is 48.9 Å². The number of nitrogens with zero attached hydrogens (tertiary/aromatic N) is 2. The maximum Gasteiger partial charge on any atom is 0.191 e. The molecule has 1 aliphatic heterocycles. The highest BCUT2D eigenvalue weighted by molar-refractivity contribution is 14.0. The Hall–Kier alpha value is -1.02. The zero-order chi connectivity index (χ0) is 17.2. The van der Waals surface area contributed by atoms with Crippen molar-refractivity contribution < 1.29 is 4.74 Å². The minimum absolute atomic E-state index is 0. The molecule has 1 unspecified atom stereocenters. The molecule has 0 saturated carbocycles. The van der Waals surface area contributed by atoms with E-state index in [9.17, 15) is 0 Å². The average Bonchev–Trinajstić information content (AvgIpc) is 2.59. The molecule has 2 rings (SSSR count). The molecule has 25 heavy (non-hydrogen) atoms. The Balaban J connectivity index is 0.00000312. The molecule has 1 aromatic rings. The van der Waals surface area contributed by atoms with Gasteiger partial charge in [0.2, 0.25) is 0 Å². The Morgan fingerprint density at radius 1 is 1.32 bits per heavy atom. The van der Waals surface area contributed by atoms with Crippen LogP contribution in [-0.2, 0) is 6.54 Å². The average molecular weight is 460 g/mol. The van der Waals surface area contributed by atoms with Gasteiger partial charge in [0, 0.05) is 38.8 Å². The van der Waals surface area contributed by atoms with E-state index in [1.54, 1.807) is 0 Å². The minimum Gasteiger partial charge on any atom is -0.494 e. The largest absolute Gasteiger partial charge is 0.494 e. The van der Waals surface area contributed by atoms with E-state index in [1.807, 2.05) is 32.2 Å². The number of benzene rings is 1. The molecule has 1 saturated heterocycles. The van der Waals surface area contributed by atoms with Crippen molar-refractivity contribution in [1.82, 2.24) is 15.5 Å². The summed E-state index contributed by atoms with van der Waals surface area (Å²) in [4.78, 5) is 6.85. The Morgan fingerprint density at radius 2 is 2.12 bits per heavy atom. The van der Waals surface area contributed by atoms with Crippen LogP contribution in [0.15, 0.2) is 29.3 Å². The Bertz CT molecular complexity index is 524. The van der Waals surface area contributed by atoms with Crippen molar-refractivity contribution in [2.75, 3.05) is 39.8 Å². The first-order valence-corrected chi connectivity index (χ1v) is 9.10. The lowest BCUT2D eigenvalue weighted by Gasteiger charge is -2.30. The number of hydrogen-bond acceptors (Lipinski definition) is 3. The first-order valence-electron chi connectivity index (χ1n) is 9.10. The number of rotatable bonds is 7. The van der Waals surface area contributed by atoms with Crippen LogP contribution in [0.5, 0.6) is 5.75 Å². The molecular formula is C19H33IN4O. The van der Waals surface area contributed by atoms with E-state index >= 15 is 0 Å². The molecule has 0 spiro atoms. The van der Waals surface area contributed by atoms with Crippen molar-refractivity contribution in [2.45, 2.75) is 33.2 Å². The first kappa shape index (κ1) is 22.0. The number of piperidine rings is 1. The van der Waals surface area contributed by atoms with Crippen LogP contribution in [0.2, 0.25) is 0 Å². The maximum atomic E-state index is 5.67. The molecule has 142 valence electrons. The molecule has 1 heterocycles. The van der Waals surface area contributed by atoms with Crippen molar-refractivity contribution in [2.24, 2.45) is 10.9 Å². The van der Waals surface area contributed by atoms with Gasteiger partial charge in [-0.15, -0.1) is 24.0 Å². The van der Waals surface area contributed by atoms with Gasteiger partial charge < -0.3 is 20.3 Å². The molecule has 0 radical (unpaired) electrons. The molecule has 1 aliphatic rings. The number of likely N-dealkylation sites (tertiary alicyclic amines) is 1. The van der Waals surface area contributed by atoms with E-state index < -0.39 is 0 Å². The van der Waals surface area contributed by atoms with Crippen LogP contribution in [0.1, 0.15) is 32.3 Å². The lowest BCUT2D eigenvalue weighted by Crippen LogP contribution is -2.43. The molecule has 2 N–H and O–H groups in total. The Kier molecular flexibility index (Phi) is 10.9. The van der Waals surface area contributed by atoms with Crippen LogP contribution >= 0.6 is 24.0 Å². The summed E-state index contributed by atoms with van der Waals surface area (Å²) in [6, 6.07) is 8.13. The first-order chi connectivity index (χ1) is 11.7. The molecule has 5 nitrogen and oxygen atoms in total. The summed E-state index contributed by atoms with van der Waals surface area (Å²) in [6.45, 7) is 10.2. The van der Waals surface area contributed by atoms with Gasteiger partial charge in [0.15, 0.2) is 5.96 Å². The van der Waals surface area contributed by atoms with Crippen LogP contribution in [0.25, 0.3) is 0 Å². The monoisotopic (exact) mass is 460 g/mol. The molecule has 0 aromatic heterocycles. The van der Waals surface area contributed by atoms with Gasteiger partial charge >= 0.3 is 0 Å². The number of ether oxygens (including phenoxy) is 1. The molecule has 1 fully saturated rings. The van der Waals surface area contributed by atoms with E-state index in [-0.39, 0.29) is 24.0 Å². The van der Waals surface area contributed by atoms with E-state index in [0.717, 1.165) is 36.3 Å². The van der Waals surface area contributed by atoms with E-state index in [2.05, 4.69) is 33.5 Å². The predicted octanol–water partition coefficient (Wildman–Crippen LogP) is 3.10. The van der Waals surface area contributed by atoms with Crippen LogP contribution in [0, 0.1) is 5.92 Å². The van der Waals surface area contributed by atoms with Gasteiger partial charge in [-0.2, -0.15) is 0 Å². The third-order valence-electron chi connectivity index (χ3n) is 4.40. The Labute approximate surface area is 169 Å². The van der Waals surface area contributed by atoms with Gasteiger partial charge in [-0.25, -0.2) is 0 Å². The highest BCUT2D eigenvalue weighted by Crippen LogP contribution is 2.17. The normalized spacial score (nSPS) is 18.4. The van der Waals surface area contributed by atoms with Crippen LogP contribution in [-0.4, -0.2) is 50.7 Å². The quantitative estimate of drug-likeness (QED) is 0.373. The van der Waals surface area contributed by atoms with E-state index in [1.165, 1.54) is 25.9 Å².